The number of hydrogen-bond donors (Lipinski definition) is 2. The fourth-order valence-corrected chi connectivity index (χ4v) is 10.4. The summed E-state index contributed by atoms with van der Waals surface area (Å²) in [6.07, 6.45) is 15.0. The molecule has 4 fully saturated rings. The molecule has 0 aromatic rings. The highest BCUT2D eigenvalue weighted by Gasteiger charge is 2.67. The predicted octanol–water partition coefficient (Wildman–Crippen LogP) is 6.86. The number of allylic oxidation sites excluding steroid dienone is 2. The Morgan fingerprint density at radius 2 is 1.52 bits per heavy atom. The van der Waals surface area contributed by atoms with Gasteiger partial charge in [-0.05, 0) is 116 Å². The Balaban J connectivity index is 1.57. The molecule has 3 N–H and O–H groups in total. The summed E-state index contributed by atoms with van der Waals surface area (Å²) in [6.45, 7) is 17.5. The third-order valence-corrected chi connectivity index (χ3v) is 12.8. The minimum atomic E-state index is -0.139. The van der Waals surface area contributed by atoms with E-state index in [0.717, 1.165) is 12.3 Å². The van der Waals surface area contributed by atoms with E-state index in [4.69, 9.17) is 5.73 Å². The number of aliphatic hydroxyl groups excluding tert-OH is 1. The van der Waals surface area contributed by atoms with Crippen molar-refractivity contribution in [3.05, 3.63) is 11.6 Å². The van der Waals surface area contributed by atoms with Crippen LogP contribution in [0.25, 0.3) is 0 Å². The van der Waals surface area contributed by atoms with Gasteiger partial charge in [0.05, 0.1) is 6.10 Å². The lowest BCUT2D eigenvalue weighted by molar-refractivity contribution is -0.202. The second-order valence-corrected chi connectivity index (χ2v) is 14.7. The average Bonchev–Trinajstić information content (AvgIpc) is 2.67. The van der Waals surface area contributed by atoms with Crippen LogP contribution in [0.5, 0.6) is 0 Å². The van der Waals surface area contributed by atoms with Crippen LogP contribution in [0.1, 0.15) is 113 Å². The molecule has 3 unspecified atom stereocenters. The quantitative estimate of drug-likeness (QED) is 0.415. The molecule has 0 radical (unpaired) electrons. The summed E-state index contributed by atoms with van der Waals surface area (Å²) >= 11 is 0. The first-order chi connectivity index (χ1) is 14.2. The van der Waals surface area contributed by atoms with E-state index in [1.54, 1.807) is 5.57 Å². The van der Waals surface area contributed by atoms with Gasteiger partial charge < -0.3 is 10.8 Å². The number of hydrogen-bond acceptors (Lipinski definition) is 2. The topological polar surface area (TPSA) is 46.2 Å². The zero-order valence-electron chi connectivity index (χ0n) is 21.5. The van der Waals surface area contributed by atoms with Gasteiger partial charge in [0.2, 0.25) is 0 Å². The molecule has 5 aliphatic carbocycles. The summed E-state index contributed by atoms with van der Waals surface area (Å²) < 4.78 is 0. The van der Waals surface area contributed by atoms with Crippen LogP contribution in [0.4, 0.5) is 0 Å². The van der Waals surface area contributed by atoms with Gasteiger partial charge in [0, 0.05) is 5.54 Å². The van der Waals surface area contributed by atoms with Crippen molar-refractivity contribution in [3.63, 3.8) is 0 Å². The van der Waals surface area contributed by atoms with Gasteiger partial charge in [0.25, 0.3) is 0 Å². The lowest BCUT2D eigenvalue weighted by Gasteiger charge is -2.71. The van der Waals surface area contributed by atoms with E-state index in [0.29, 0.717) is 33.5 Å². The van der Waals surface area contributed by atoms with Crippen LogP contribution < -0.4 is 5.73 Å². The van der Waals surface area contributed by atoms with Gasteiger partial charge in [0.1, 0.15) is 0 Å². The standard InChI is InChI=1S/C29H49NO/c1-24(2)21-10-13-29(7)22(27(21,5)12-11-23(24)31)9-8-19-20-18-26(4,30)16-14-25(20,3)15-17-28(19,29)6/h8,20-23,31H,9-18,30H2,1-7H3/t20-,21?,22-,23?,25-,26?,27+,28-,29-/m1/s1. The van der Waals surface area contributed by atoms with Crippen LogP contribution in [-0.4, -0.2) is 16.7 Å². The second-order valence-electron chi connectivity index (χ2n) is 14.7. The summed E-state index contributed by atoms with van der Waals surface area (Å²) in [5, 5.41) is 10.9. The minimum Gasteiger partial charge on any atom is -0.393 e. The zero-order valence-corrected chi connectivity index (χ0v) is 21.5. The smallest absolute Gasteiger partial charge is 0.0594 e. The Kier molecular flexibility index (Phi) is 4.64. The van der Waals surface area contributed by atoms with Crippen molar-refractivity contribution in [3.8, 4) is 0 Å². The van der Waals surface area contributed by atoms with Crippen molar-refractivity contribution in [2.45, 2.75) is 124 Å². The Hall–Kier alpha value is -0.340. The lowest BCUT2D eigenvalue weighted by Crippen LogP contribution is -2.64. The van der Waals surface area contributed by atoms with E-state index < -0.39 is 0 Å². The molecule has 0 spiro atoms. The summed E-state index contributed by atoms with van der Waals surface area (Å²) in [5.41, 5.74) is 10.1. The van der Waals surface area contributed by atoms with E-state index in [1.165, 1.54) is 57.8 Å². The maximum atomic E-state index is 10.9. The third kappa shape index (κ3) is 2.76. The maximum Gasteiger partial charge on any atom is 0.0594 e. The third-order valence-electron chi connectivity index (χ3n) is 12.8. The van der Waals surface area contributed by atoms with Crippen molar-refractivity contribution in [2.75, 3.05) is 0 Å². The Morgan fingerprint density at radius 1 is 0.839 bits per heavy atom. The van der Waals surface area contributed by atoms with Gasteiger partial charge >= 0.3 is 0 Å². The molecule has 0 bridgehead atoms. The van der Waals surface area contributed by atoms with E-state index in [2.05, 4.69) is 54.5 Å². The highest BCUT2D eigenvalue weighted by molar-refractivity contribution is 5.33. The number of rotatable bonds is 0. The van der Waals surface area contributed by atoms with Crippen LogP contribution in [0.15, 0.2) is 11.6 Å². The predicted molar refractivity (Wildman–Crippen MR) is 130 cm³/mol. The molecular formula is C29H49NO. The molecule has 0 heterocycles. The zero-order chi connectivity index (χ0) is 22.7. The van der Waals surface area contributed by atoms with E-state index >= 15 is 0 Å². The van der Waals surface area contributed by atoms with Gasteiger partial charge in [-0.3, -0.25) is 0 Å². The molecule has 176 valence electrons. The molecule has 2 nitrogen and oxygen atoms in total. The van der Waals surface area contributed by atoms with E-state index in [-0.39, 0.29) is 17.1 Å². The molecule has 0 aliphatic heterocycles. The molecular weight excluding hydrogens is 378 g/mol. The fraction of sp³-hybridized carbons (Fsp3) is 0.931. The van der Waals surface area contributed by atoms with Crippen molar-refractivity contribution in [2.24, 2.45) is 50.6 Å². The Morgan fingerprint density at radius 3 is 2.23 bits per heavy atom. The highest BCUT2D eigenvalue weighted by Crippen LogP contribution is 2.75. The SMILES string of the molecule is CC1(N)CC[C@]2(C)CC[C@]3(C)C(=CC[C@@H]4[C@@]5(C)CCC(O)C(C)(C)C5CC[C@]43C)[C@H]2C1. The van der Waals surface area contributed by atoms with Crippen LogP contribution in [0, 0.1) is 44.8 Å². The fourth-order valence-electron chi connectivity index (χ4n) is 10.4. The first kappa shape index (κ1) is 22.5. The van der Waals surface area contributed by atoms with E-state index in [9.17, 15) is 5.11 Å². The molecule has 31 heavy (non-hydrogen) atoms. The summed E-state index contributed by atoms with van der Waals surface area (Å²) in [5.74, 6) is 2.04. The number of aliphatic hydroxyl groups is 1. The van der Waals surface area contributed by atoms with Gasteiger partial charge in [-0.1, -0.05) is 53.2 Å². The molecule has 5 rings (SSSR count). The normalized spacial score (nSPS) is 58.3. The van der Waals surface area contributed by atoms with Crippen LogP contribution in [0.3, 0.4) is 0 Å². The molecule has 0 saturated heterocycles. The van der Waals surface area contributed by atoms with Crippen molar-refractivity contribution < 1.29 is 5.11 Å². The summed E-state index contributed by atoms with van der Waals surface area (Å²) in [4.78, 5) is 0. The Bertz CT molecular complexity index is 797. The average molecular weight is 428 g/mol. The van der Waals surface area contributed by atoms with Crippen molar-refractivity contribution in [1.82, 2.24) is 0 Å². The minimum absolute atomic E-state index is 0.00576. The first-order valence-corrected chi connectivity index (χ1v) is 13.4. The molecule has 5 aliphatic rings. The summed E-state index contributed by atoms with van der Waals surface area (Å²) in [7, 11) is 0. The first-order valence-electron chi connectivity index (χ1n) is 13.4. The van der Waals surface area contributed by atoms with Crippen LogP contribution in [0.2, 0.25) is 0 Å². The van der Waals surface area contributed by atoms with Gasteiger partial charge in [-0.15, -0.1) is 0 Å². The van der Waals surface area contributed by atoms with Gasteiger partial charge in [-0.2, -0.15) is 0 Å². The van der Waals surface area contributed by atoms with E-state index in [1.807, 2.05) is 0 Å². The second kappa shape index (κ2) is 6.41. The number of fused-ring (bicyclic) bond motifs is 7. The molecule has 9 atom stereocenters. The molecule has 0 amide bonds. The molecule has 4 saturated carbocycles. The number of nitrogens with two attached hydrogens (primary N) is 1. The highest BCUT2D eigenvalue weighted by atomic mass is 16.3. The van der Waals surface area contributed by atoms with Crippen LogP contribution in [-0.2, 0) is 0 Å². The van der Waals surface area contributed by atoms with Crippen molar-refractivity contribution >= 4 is 0 Å². The molecule has 0 aromatic heterocycles. The largest absolute Gasteiger partial charge is 0.393 e. The van der Waals surface area contributed by atoms with Crippen LogP contribution >= 0.6 is 0 Å². The van der Waals surface area contributed by atoms with Crippen molar-refractivity contribution in [1.29, 1.82) is 0 Å². The summed E-state index contributed by atoms with van der Waals surface area (Å²) in [6, 6.07) is 0. The Labute approximate surface area is 191 Å². The molecule has 2 heteroatoms. The maximum absolute atomic E-state index is 10.9. The molecule has 0 aromatic carbocycles. The monoisotopic (exact) mass is 427 g/mol. The lowest BCUT2D eigenvalue weighted by atomic mass is 9.34. The van der Waals surface area contributed by atoms with Gasteiger partial charge in [-0.25, -0.2) is 0 Å². The van der Waals surface area contributed by atoms with Gasteiger partial charge in [0.15, 0.2) is 0 Å².